The maximum absolute atomic E-state index is 13.3. The summed E-state index contributed by atoms with van der Waals surface area (Å²) in [7, 11) is 0. The molecule has 18 heavy (non-hydrogen) atoms. The predicted molar refractivity (Wildman–Crippen MR) is 58.6 cm³/mol. The first-order valence-electron chi connectivity index (χ1n) is 4.52. The number of benzene rings is 1. The van der Waals surface area contributed by atoms with Crippen molar-refractivity contribution in [3.8, 4) is 10.9 Å². The molecule has 1 aromatic carbocycles. The number of halogens is 5. The van der Waals surface area contributed by atoms with Crippen LogP contribution >= 0.6 is 22.9 Å². The SMILES string of the molecule is Fc1cc(Cl)ccc1Oc1nc(C(F)(F)F)cs1. The summed E-state index contributed by atoms with van der Waals surface area (Å²) in [5.74, 6) is -1.01. The minimum Gasteiger partial charge on any atom is -0.428 e. The van der Waals surface area contributed by atoms with E-state index in [2.05, 4.69) is 4.98 Å². The van der Waals surface area contributed by atoms with Gasteiger partial charge < -0.3 is 4.74 Å². The molecule has 0 N–H and O–H groups in total. The molecule has 0 aliphatic rings. The summed E-state index contributed by atoms with van der Waals surface area (Å²) < 4.78 is 55.0. The molecule has 1 heterocycles. The van der Waals surface area contributed by atoms with E-state index in [0.29, 0.717) is 11.3 Å². The monoisotopic (exact) mass is 297 g/mol. The smallest absolute Gasteiger partial charge is 0.428 e. The van der Waals surface area contributed by atoms with Crippen LogP contribution in [0.15, 0.2) is 23.6 Å². The Labute approximate surface area is 108 Å². The minimum atomic E-state index is -4.54. The number of hydrogen-bond donors (Lipinski definition) is 0. The Bertz CT molecular complexity index is 569. The molecule has 2 nitrogen and oxygen atoms in total. The fourth-order valence-electron chi connectivity index (χ4n) is 1.09. The number of rotatable bonds is 2. The van der Waals surface area contributed by atoms with Crippen LogP contribution in [0.3, 0.4) is 0 Å². The van der Waals surface area contributed by atoms with Gasteiger partial charge in [0.05, 0.1) is 0 Å². The van der Waals surface area contributed by atoms with Gasteiger partial charge in [-0.1, -0.05) is 22.9 Å². The third-order valence-electron chi connectivity index (χ3n) is 1.86. The summed E-state index contributed by atoms with van der Waals surface area (Å²) in [6.45, 7) is 0. The molecule has 0 saturated heterocycles. The van der Waals surface area contributed by atoms with Crippen LogP contribution in [0.25, 0.3) is 0 Å². The maximum Gasteiger partial charge on any atom is 0.434 e. The second-order valence-electron chi connectivity index (χ2n) is 3.17. The number of ether oxygens (including phenoxy) is 1. The molecular formula is C10H4ClF4NOS. The van der Waals surface area contributed by atoms with E-state index in [1.165, 1.54) is 12.1 Å². The van der Waals surface area contributed by atoms with Crippen molar-refractivity contribution >= 4 is 22.9 Å². The lowest BCUT2D eigenvalue weighted by atomic mass is 10.3. The third-order valence-corrected chi connectivity index (χ3v) is 2.82. The molecule has 0 saturated carbocycles. The van der Waals surface area contributed by atoms with Crippen LogP contribution < -0.4 is 4.74 Å². The fraction of sp³-hybridized carbons (Fsp3) is 0.100. The average molecular weight is 298 g/mol. The van der Waals surface area contributed by atoms with Crippen LogP contribution in [0.1, 0.15) is 5.69 Å². The normalized spacial score (nSPS) is 11.6. The Hall–Kier alpha value is -1.34. The Kier molecular flexibility index (Phi) is 3.45. The van der Waals surface area contributed by atoms with Gasteiger partial charge in [0.25, 0.3) is 5.19 Å². The van der Waals surface area contributed by atoms with E-state index in [1.54, 1.807) is 0 Å². The van der Waals surface area contributed by atoms with Crippen LogP contribution in [0, 0.1) is 5.82 Å². The lowest BCUT2D eigenvalue weighted by Crippen LogP contribution is -2.04. The van der Waals surface area contributed by atoms with Gasteiger partial charge in [0.2, 0.25) is 0 Å². The average Bonchev–Trinajstić information content (AvgIpc) is 2.70. The highest BCUT2D eigenvalue weighted by Crippen LogP contribution is 2.35. The zero-order chi connectivity index (χ0) is 13.3. The number of alkyl halides is 3. The molecule has 96 valence electrons. The van der Waals surface area contributed by atoms with Gasteiger partial charge in [-0.2, -0.15) is 18.2 Å². The van der Waals surface area contributed by atoms with Gasteiger partial charge in [-0.05, 0) is 18.2 Å². The minimum absolute atomic E-state index is 0.162. The number of hydrogen-bond acceptors (Lipinski definition) is 3. The summed E-state index contributed by atoms with van der Waals surface area (Å²) in [5, 5.41) is 0.668. The quantitative estimate of drug-likeness (QED) is 0.747. The largest absolute Gasteiger partial charge is 0.434 e. The van der Waals surface area contributed by atoms with E-state index in [-0.39, 0.29) is 16.0 Å². The van der Waals surface area contributed by atoms with E-state index in [9.17, 15) is 17.6 Å². The van der Waals surface area contributed by atoms with Crippen LogP contribution in [0.5, 0.6) is 10.9 Å². The van der Waals surface area contributed by atoms with E-state index < -0.39 is 17.7 Å². The van der Waals surface area contributed by atoms with E-state index in [4.69, 9.17) is 16.3 Å². The van der Waals surface area contributed by atoms with Crippen molar-refractivity contribution in [1.29, 1.82) is 0 Å². The fourth-order valence-corrected chi connectivity index (χ4v) is 1.93. The molecule has 0 radical (unpaired) electrons. The van der Waals surface area contributed by atoms with Crippen molar-refractivity contribution in [3.05, 3.63) is 40.1 Å². The highest BCUT2D eigenvalue weighted by Gasteiger charge is 2.34. The maximum atomic E-state index is 13.3. The Morgan fingerprint density at radius 1 is 1.28 bits per heavy atom. The molecule has 0 spiro atoms. The lowest BCUT2D eigenvalue weighted by Gasteiger charge is -2.03. The molecule has 0 bridgehead atoms. The molecule has 0 atom stereocenters. The van der Waals surface area contributed by atoms with E-state index >= 15 is 0 Å². The van der Waals surface area contributed by atoms with Crippen molar-refractivity contribution in [3.63, 3.8) is 0 Å². The molecule has 2 rings (SSSR count). The summed E-state index contributed by atoms with van der Waals surface area (Å²) in [6, 6.07) is 3.57. The van der Waals surface area contributed by atoms with Crippen LogP contribution in [-0.4, -0.2) is 4.98 Å². The van der Waals surface area contributed by atoms with Crippen LogP contribution in [0.2, 0.25) is 5.02 Å². The zero-order valence-electron chi connectivity index (χ0n) is 8.46. The lowest BCUT2D eigenvalue weighted by molar-refractivity contribution is -0.140. The van der Waals surface area contributed by atoms with E-state index in [0.717, 1.165) is 11.4 Å². The molecule has 0 amide bonds. The van der Waals surface area contributed by atoms with Gasteiger partial charge in [-0.25, -0.2) is 4.39 Å². The molecule has 1 aromatic heterocycles. The number of aromatic nitrogens is 1. The molecule has 0 unspecified atom stereocenters. The summed E-state index contributed by atoms with van der Waals surface area (Å²) in [4.78, 5) is 3.21. The summed E-state index contributed by atoms with van der Waals surface area (Å²) in [5.41, 5.74) is -1.07. The Morgan fingerprint density at radius 2 is 2.00 bits per heavy atom. The molecule has 0 aliphatic heterocycles. The first kappa shape index (κ1) is 13.1. The Balaban J connectivity index is 2.21. The van der Waals surface area contributed by atoms with Crippen molar-refractivity contribution in [2.45, 2.75) is 6.18 Å². The second-order valence-corrected chi connectivity index (χ2v) is 4.43. The van der Waals surface area contributed by atoms with Crippen LogP contribution in [-0.2, 0) is 6.18 Å². The van der Waals surface area contributed by atoms with Gasteiger partial charge in [0.15, 0.2) is 17.3 Å². The molecule has 8 heteroatoms. The molecule has 0 aliphatic carbocycles. The van der Waals surface area contributed by atoms with Crippen molar-refractivity contribution in [1.82, 2.24) is 4.98 Å². The summed E-state index contributed by atoms with van der Waals surface area (Å²) in [6.07, 6.45) is -4.54. The topological polar surface area (TPSA) is 22.1 Å². The zero-order valence-corrected chi connectivity index (χ0v) is 10.0. The van der Waals surface area contributed by atoms with Gasteiger partial charge >= 0.3 is 6.18 Å². The number of thiazole rings is 1. The van der Waals surface area contributed by atoms with Gasteiger partial charge in [0, 0.05) is 10.4 Å². The predicted octanol–water partition coefficient (Wildman–Crippen LogP) is 4.75. The standard InChI is InChI=1S/C10H4ClF4NOS/c11-5-1-2-7(6(12)3-5)17-9-16-8(4-18-9)10(13,14)15/h1-4H. The number of nitrogens with zero attached hydrogens (tertiary/aromatic N) is 1. The molecule has 0 fully saturated rings. The van der Waals surface area contributed by atoms with Gasteiger partial charge in [0.1, 0.15) is 0 Å². The highest BCUT2D eigenvalue weighted by atomic mass is 35.5. The van der Waals surface area contributed by atoms with Crippen molar-refractivity contribution in [2.24, 2.45) is 0 Å². The molecular weight excluding hydrogens is 294 g/mol. The van der Waals surface area contributed by atoms with Crippen molar-refractivity contribution in [2.75, 3.05) is 0 Å². The second kappa shape index (κ2) is 4.74. The highest BCUT2D eigenvalue weighted by molar-refractivity contribution is 7.11. The van der Waals surface area contributed by atoms with Gasteiger partial charge in [-0.3, -0.25) is 0 Å². The first-order valence-corrected chi connectivity index (χ1v) is 5.77. The van der Waals surface area contributed by atoms with Crippen LogP contribution in [0.4, 0.5) is 17.6 Å². The van der Waals surface area contributed by atoms with Gasteiger partial charge in [-0.15, -0.1) is 0 Å². The Morgan fingerprint density at radius 3 is 2.56 bits per heavy atom. The van der Waals surface area contributed by atoms with E-state index in [1.807, 2.05) is 0 Å². The molecule has 2 aromatic rings. The third kappa shape index (κ3) is 2.91. The van der Waals surface area contributed by atoms with Crippen molar-refractivity contribution < 1.29 is 22.3 Å². The summed E-state index contributed by atoms with van der Waals surface area (Å²) >= 11 is 6.16. The first-order chi connectivity index (χ1) is 8.36.